The molecule has 150 valence electrons. The minimum atomic E-state index is 0.166. The van der Waals surface area contributed by atoms with Crippen molar-refractivity contribution in [3.63, 3.8) is 0 Å². The van der Waals surface area contributed by atoms with Crippen molar-refractivity contribution in [1.82, 2.24) is 15.0 Å². The predicted molar refractivity (Wildman–Crippen MR) is 105 cm³/mol. The number of benzene rings is 1. The molecule has 1 saturated heterocycles. The molecule has 0 spiro atoms. The third kappa shape index (κ3) is 4.79. The van der Waals surface area contributed by atoms with Gasteiger partial charge in [0.2, 0.25) is 11.8 Å². The summed E-state index contributed by atoms with van der Waals surface area (Å²) < 4.78 is 11.2. The maximum atomic E-state index is 12.7. The van der Waals surface area contributed by atoms with Crippen LogP contribution in [-0.2, 0) is 22.6 Å². The van der Waals surface area contributed by atoms with Crippen molar-refractivity contribution in [3.05, 3.63) is 47.6 Å². The number of nitrogens with zero attached hydrogens (tertiary/aromatic N) is 3. The second kappa shape index (κ2) is 9.32. The summed E-state index contributed by atoms with van der Waals surface area (Å²) in [6, 6.07) is 10.1. The molecule has 2 heterocycles. The van der Waals surface area contributed by atoms with Gasteiger partial charge in [-0.15, -0.1) is 0 Å². The number of carbonyl (C=O) groups is 1. The number of rotatable bonds is 7. The first-order valence-corrected chi connectivity index (χ1v) is 10.5. The third-order valence-electron chi connectivity index (χ3n) is 5.87. The summed E-state index contributed by atoms with van der Waals surface area (Å²) in [5.74, 6) is 2.07. The van der Waals surface area contributed by atoms with Crippen LogP contribution in [0.4, 0.5) is 0 Å². The highest BCUT2D eigenvalue weighted by atomic mass is 16.5. The molecule has 0 bridgehead atoms. The molecule has 6 heteroatoms. The Kier molecular flexibility index (Phi) is 6.37. The quantitative estimate of drug-likeness (QED) is 0.682. The van der Waals surface area contributed by atoms with E-state index in [1.54, 1.807) is 0 Å². The van der Waals surface area contributed by atoms with Gasteiger partial charge in [-0.25, -0.2) is 0 Å². The number of hydrogen-bond donors (Lipinski definition) is 0. The zero-order chi connectivity index (χ0) is 19.2. The topological polar surface area (TPSA) is 68.5 Å². The van der Waals surface area contributed by atoms with Crippen LogP contribution >= 0.6 is 0 Å². The Labute approximate surface area is 166 Å². The zero-order valence-electron chi connectivity index (χ0n) is 16.4. The molecular weight excluding hydrogens is 354 g/mol. The molecule has 1 aliphatic carbocycles. The molecule has 1 aliphatic heterocycles. The Morgan fingerprint density at radius 3 is 2.79 bits per heavy atom. The molecule has 2 aliphatic rings. The fraction of sp³-hybridized carbons (Fsp3) is 0.591. The Morgan fingerprint density at radius 1 is 1.14 bits per heavy atom. The number of aromatic nitrogens is 2. The lowest BCUT2D eigenvalue weighted by atomic mass is 9.88. The molecule has 6 nitrogen and oxygen atoms in total. The molecular formula is C22H29N3O3. The summed E-state index contributed by atoms with van der Waals surface area (Å²) in [6.07, 6.45) is 7.28. The average Bonchev–Trinajstić information content (AvgIpc) is 3.42. The Hall–Kier alpha value is -2.21. The highest BCUT2D eigenvalue weighted by Gasteiger charge is 2.34. The van der Waals surface area contributed by atoms with Crippen molar-refractivity contribution in [2.45, 2.75) is 57.5 Å². The molecule has 1 unspecified atom stereocenters. The first-order valence-electron chi connectivity index (χ1n) is 10.5. The van der Waals surface area contributed by atoms with Crippen molar-refractivity contribution in [3.8, 4) is 0 Å². The van der Waals surface area contributed by atoms with E-state index in [9.17, 15) is 4.79 Å². The Bertz CT molecular complexity index is 755. The summed E-state index contributed by atoms with van der Waals surface area (Å²) in [6.45, 7) is 2.66. The molecule has 4 rings (SSSR count). The first kappa shape index (κ1) is 19.1. The SMILES string of the molecule is O=C(C1CCCCC1)N1CCC(c2nc(CCOCc3ccccc3)no2)C1. The molecule has 28 heavy (non-hydrogen) atoms. The van der Waals surface area contributed by atoms with Crippen LogP contribution in [-0.4, -0.2) is 40.6 Å². The normalized spacial score (nSPS) is 20.6. The standard InChI is InChI=1S/C22H29N3O3/c26-22(18-9-5-2-6-10-18)25-13-11-19(15-25)21-23-20(24-28-21)12-14-27-16-17-7-3-1-4-8-17/h1,3-4,7-8,18-19H,2,5-6,9-16H2. The lowest BCUT2D eigenvalue weighted by Gasteiger charge is -2.26. The van der Waals surface area contributed by atoms with Crippen LogP contribution in [0, 0.1) is 5.92 Å². The molecule has 0 N–H and O–H groups in total. The second-order valence-electron chi connectivity index (χ2n) is 7.94. The number of amides is 1. The largest absolute Gasteiger partial charge is 0.376 e. The molecule has 1 aromatic carbocycles. The fourth-order valence-corrected chi connectivity index (χ4v) is 4.23. The number of hydrogen-bond acceptors (Lipinski definition) is 5. The minimum Gasteiger partial charge on any atom is -0.376 e. The Balaban J connectivity index is 1.22. The summed E-state index contributed by atoms with van der Waals surface area (Å²) >= 11 is 0. The van der Waals surface area contributed by atoms with Gasteiger partial charge >= 0.3 is 0 Å². The van der Waals surface area contributed by atoms with E-state index in [-0.39, 0.29) is 11.8 Å². The van der Waals surface area contributed by atoms with Gasteiger partial charge < -0.3 is 14.2 Å². The lowest BCUT2D eigenvalue weighted by molar-refractivity contribution is -0.135. The fourth-order valence-electron chi connectivity index (χ4n) is 4.23. The molecule has 2 aromatic rings. The molecule has 1 aromatic heterocycles. The average molecular weight is 383 g/mol. The monoisotopic (exact) mass is 383 g/mol. The van der Waals surface area contributed by atoms with E-state index in [1.807, 2.05) is 35.2 Å². The lowest BCUT2D eigenvalue weighted by Crippen LogP contribution is -2.35. The molecule has 1 saturated carbocycles. The highest BCUT2D eigenvalue weighted by Crippen LogP contribution is 2.31. The van der Waals surface area contributed by atoms with Crippen LogP contribution in [0.5, 0.6) is 0 Å². The van der Waals surface area contributed by atoms with E-state index in [0.29, 0.717) is 43.8 Å². The smallest absolute Gasteiger partial charge is 0.231 e. The summed E-state index contributed by atoms with van der Waals surface area (Å²) in [5.41, 5.74) is 1.16. The van der Waals surface area contributed by atoms with Crippen molar-refractivity contribution < 1.29 is 14.1 Å². The number of ether oxygens (including phenoxy) is 1. The van der Waals surface area contributed by atoms with Crippen LogP contribution < -0.4 is 0 Å². The maximum absolute atomic E-state index is 12.7. The van der Waals surface area contributed by atoms with Crippen molar-refractivity contribution >= 4 is 5.91 Å². The van der Waals surface area contributed by atoms with Gasteiger partial charge in [-0.05, 0) is 24.8 Å². The number of carbonyl (C=O) groups excluding carboxylic acids is 1. The van der Waals surface area contributed by atoms with E-state index < -0.39 is 0 Å². The van der Waals surface area contributed by atoms with Crippen LogP contribution in [0.3, 0.4) is 0 Å². The minimum absolute atomic E-state index is 0.166. The maximum Gasteiger partial charge on any atom is 0.231 e. The van der Waals surface area contributed by atoms with Gasteiger partial charge in [-0.2, -0.15) is 4.98 Å². The van der Waals surface area contributed by atoms with Gasteiger partial charge in [0.1, 0.15) is 0 Å². The highest BCUT2D eigenvalue weighted by molar-refractivity contribution is 5.79. The van der Waals surface area contributed by atoms with E-state index in [1.165, 1.54) is 19.3 Å². The third-order valence-corrected chi connectivity index (χ3v) is 5.87. The van der Waals surface area contributed by atoms with Gasteiger partial charge in [-0.3, -0.25) is 4.79 Å². The summed E-state index contributed by atoms with van der Waals surface area (Å²) in [4.78, 5) is 19.3. The molecule has 1 amide bonds. The van der Waals surface area contributed by atoms with Crippen LogP contribution in [0.25, 0.3) is 0 Å². The van der Waals surface area contributed by atoms with E-state index >= 15 is 0 Å². The summed E-state index contributed by atoms with van der Waals surface area (Å²) in [5, 5.41) is 4.10. The van der Waals surface area contributed by atoms with E-state index in [4.69, 9.17) is 9.26 Å². The first-order chi connectivity index (χ1) is 13.8. The van der Waals surface area contributed by atoms with Gasteiger partial charge in [0, 0.05) is 25.4 Å². The molecule has 1 atom stereocenters. The van der Waals surface area contributed by atoms with E-state index in [2.05, 4.69) is 10.1 Å². The van der Waals surface area contributed by atoms with Crippen LogP contribution in [0.2, 0.25) is 0 Å². The van der Waals surface area contributed by atoms with Gasteiger partial charge in [0.05, 0.1) is 19.1 Å². The van der Waals surface area contributed by atoms with Crippen LogP contribution in [0.1, 0.15) is 61.7 Å². The van der Waals surface area contributed by atoms with E-state index in [0.717, 1.165) is 31.4 Å². The predicted octanol–water partition coefficient (Wildman–Crippen LogP) is 3.73. The van der Waals surface area contributed by atoms with Gasteiger partial charge in [0.25, 0.3) is 0 Å². The zero-order valence-corrected chi connectivity index (χ0v) is 16.4. The summed E-state index contributed by atoms with van der Waals surface area (Å²) in [7, 11) is 0. The number of likely N-dealkylation sites (tertiary alicyclic amines) is 1. The van der Waals surface area contributed by atoms with Gasteiger partial charge in [-0.1, -0.05) is 54.8 Å². The molecule has 0 radical (unpaired) electrons. The van der Waals surface area contributed by atoms with Crippen molar-refractivity contribution in [1.29, 1.82) is 0 Å². The van der Waals surface area contributed by atoms with Crippen molar-refractivity contribution in [2.75, 3.05) is 19.7 Å². The second-order valence-corrected chi connectivity index (χ2v) is 7.94. The van der Waals surface area contributed by atoms with Gasteiger partial charge in [0.15, 0.2) is 5.82 Å². The van der Waals surface area contributed by atoms with Crippen LogP contribution in [0.15, 0.2) is 34.9 Å². The Morgan fingerprint density at radius 2 is 1.96 bits per heavy atom. The molecule has 2 fully saturated rings. The van der Waals surface area contributed by atoms with Crippen molar-refractivity contribution in [2.24, 2.45) is 5.92 Å².